The van der Waals surface area contributed by atoms with Crippen molar-refractivity contribution in [2.45, 2.75) is 0 Å². The van der Waals surface area contributed by atoms with E-state index in [0.29, 0.717) is 18.8 Å². The molecule has 2 fully saturated rings. The minimum Gasteiger partial charge on any atom is -0.368 e. The van der Waals surface area contributed by atoms with Gasteiger partial charge in [0.2, 0.25) is 0 Å². The van der Waals surface area contributed by atoms with E-state index in [2.05, 4.69) is 31.9 Å². The van der Waals surface area contributed by atoms with Crippen molar-refractivity contribution in [1.82, 2.24) is 20.0 Å². The van der Waals surface area contributed by atoms with Crippen LogP contribution in [0.5, 0.6) is 0 Å². The van der Waals surface area contributed by atoms with E-state index in [0.717, 1.165) is 61.5 Å². The van der Waals surface area contributed by atoms with E-state index in [4.69, 9.17) is 0 Å². The number of halogens is 1. The molecule has 0 aliphatic carbocycles. The number of aromatic nitrogens is 2. The highest BCUT2D eigenvalue weighted by Gasteiger charge is 2.26. The maximum absolute atomic E-state index is 13.2. The van der Waals surface area contributed by atoms with Crippen LogP contribution in [0.1, 0.15) is 10.5 Å². The molecule has 8 heteroatoms. The number of nitrogens with zero attached hydrogens (tertiary/aromatic N) is 6. The standard InChI is InChI=1S/C24H27FN6O/c1-28-10-12-31(13-11-28)24(32)22-20-4-2-3-5-21(20)23(27-26-22)30-16-14-29(15-17-30)19-8-6-18(25)7-9-19/h2-9H,10-17H2,1H3. The number of benzene rings is 2. The first-order valence-corrected chi connectivity index (χ1v) is 11.1. The molecule has 0 N–H and O–H groups in total. The Hall–Kier alpha value is -3.26. The van der Waals surface area contributed by atoms with Crippen LogP contribution in [0.15, 0.2) is 48.5 Å². The van der Waals surface area contributed by atoms with Crippen molar-refractivity contribution in [3.63, 3.8) is 0 Å². The van der Waals surface area contributed by atoms with Crippen LogP contribution in [0, 0.1) is 5.82 Å². The van der Waals surface area contributed by atoms with E-state index in [1.807, 2.05) is 41.3 Å². The SMILES string of the molecule is CN1CCN(C(=O)c2nnc(N3CCN(c4ccc(F)cc4)CC3)c3ccccc23)CC1. The average Bonchev–Trinajstić information content (AvgIpc) is 2.84. The van der Waals surface area contributed by atoms with Crippen molar-refractivity contribution in [1.29, 1.82) is 0 Å². The van der Waals surface area contributed by atoms with Gasteiger partial charge in [-0.05, 0) is 31.3 Å². The highest BCUT2D eigenvalue weighted by atomic mass is 19.1. The molecule has 1 aromatic heterocycles. The van der Waals surface area contributed by atoms with Crippen LogP contribution >= 0.6 is 0 Å². The van der Waals surface area contributed by atoms with Crippen molar-refractivity contribution >= 4 is 28.2 Å². The third-order valence-electron chi connectivity index (χ3n) is 6.43. The zero-order valence-corrected chi connectivity index (χ0v) is 18.2. The van der Waals surface area contributed by atoms with Crippen molar-refractivity contribution in [2.24, 2.45) is 0 Å². The Bertz CT molecular complexity index is 1110. The number of hydrogen-bond acceptors (Lipinski definition) is 6. The molecule has 0 saturated carbocycles. The summed E-state index contributed by atoms with van der Waals surface area (Å²) in [6.45, 7) is 6.33. The quantitative estimate of drug-likeness (QED) is 0.631. The summed E-state index contributed by atoms with van der Waals surface area (Å²) >= 11 is 0. The second kappa shape index (κ2) is 8.70. The van der Waals surface area contributed by atoms with Crippen molar-refractivity contribution in [3.05, 3.63) is 60.0 Å². The Morgan fingerprint density at radius 1 is 0.781 bits per heavy atom. The van der Waals surface area contributed by atoms with Crippen molar-refractivity contribution < 1.29 is 9.18 Å². The van der Waals surface area contributed by atoms with E-state index >= 15 is 0 Å². The maximum Gasteiger partial charge on any atom is 0.275 e. The molecular weight excluding hydrogens is 407 g/mol. The molecule has 7 nitrogen and oxygen atoms in total. The van der Waals surface area contributed by atoms with E-state index in [1.165, 1.54) is 12.1 Å². The van der Waals surface area contributed by atoms with Gasteiger partial charge >= 0.3 is 0 Å². The molecule has 2 saturated heterocycles. The maximum atomic E-state index is 13.2. The molecule has 0 radical (unpaired) electrons. The van der Waals surface area contributed by atoms with E-state index < -0.39 is 0 Å². The summed E-state index contributed by atoms with van der Waals surface area (Å²) in [7, 11) is 2.07. The number of piperazine rings is 2. The van der Waals surface area contributed by atoms with E-state index in [9.17, 15) is 9.18 Å². The van der Waals surface area contributed by atoms with Crippen molar-refractivity contribution in [3.8, 4) is 0 Å². The minimum absolute atomic E-state index is 0.0468. The number of rotatable bonds is 3. The second-order valence-corrected chi connectivity index (χ2v) is 8.46. The molecule has 5 rings (SSSR count). The fourth-order valence-electron chi connectivity index (χ4n) is 4.47. The number of likely N-dealkylation sites (N-methyl/N-ethyl adjacent to an activating group) is 1. The fraction of sp³-hybridized carbons (Fsp3) is 0.375. The predicted molar refractivity (Wildman–Crippen MR) is 124 cm³/mol. The molecule has 0 bridgehead atoms. The zero-order chi connectivity index (χ0) is 22.1. The smallest absolute Gasteiger partial charge is 0.275 e. The van der Waals surface area contributed by atoms with E-state index in [1.54, 1.807) is 0 Å². The summed E-state index contributed by atoms with van der Waals surface area (Å²) < 4.78 is 13.2. The highest BCUT2D eigenvalue weighted by Crippen LogP contribution is 2.28. The van der Waals surface area contributed by atoms with Crippen LogP contribution in [-0.2, 0) is 0 Å². The summed E-state index contributed by atoms with van der Waals surface area (Å²) in [4.78, 5) is 21.8. The van der Waals surface area contributed by atoms with Crippen LogP contribution in [0.3, 0.4) is 0 Å². The lowest BCUT2D eigenvalue weighted by Gasteiger charge is -2.37. The Morgan fingerprint density at radius 2 is 1.41 bits per heavy atom. The number of amides is 1. The van der Waals surface area contributed by atoms with Gasteiger partial charge in [0.15, 0.2) is 11.5 Å². The number of anilines is 2. The van der Waals surface area contributed by atoms with Gasteiger partial charge in [0.1, 0.15) is 5.82 Å². The third-order valence-corrected chi connectivity index (χ3v) is 6.43. The Kier molecular flexibility index (Phi) is 5.61. The van der Waals surface area contributed by atoms with Crippen LogP contribution in [0.4, 0.5) is 15.9 Å². The molecule has 1 amide bonds. The molecule has 32 heavy (non-hydrogen) atoms. The monoisotopic (exact) mass is 434 g/mol. The molecule has 2 aliphatic rings. The average molecular weight is 435 g/mol. The van der Waals surface area contributed by atoms with Gasteiger partial charge in [0.05, 0.1) is 0 Å². The fourth-order valence-corrected chi connectivity index (χ4v) is 4.47. The predicted octanol–water partition coefficient (Wildman–Crippen LogP) is 2.48. The first kappa shape index (κ1) is 20.6. The first-order chi connectivity index (χ1) is 15.6. The van der Waals surface area contributed by atoms with Crippen molar-refractivity contribution in [2.75, 3.05) is 69.2 Å². The molecule has 3 aromatic rings. The van der Waals surface area contributed by atoms with Gasteiger partial charge in [-0.3, -0.25) is 4.79 Å². The van der Waals surface area contributed by atoms with Crippen LogP contribution < -0.4 is 9.80 Å². The summed E-state index contributed by atoms with van der Waals surface area (Å²) in [5, 5.41) is 10.7. The molecule has 3 heterocycles. The summed E-state index contributed by atoms with van der Waals surface area (Å²) in [6, 6.07) is 14.5. The van der Waals surface area contributed by atoms with Gasteiger partial charge in [-0.15, -0.1) is 10.2 Å². The lowest BCUT2D eigenvalue weighted by molar-refractivity contribution is 0.0659. The number of carbonyl (C=O) groups excluding carboxylic acids is 1. The largest absolute Gasteiger partial charge is 0.368 e. The van der Waals surface area contributed by atoms with Gasteiger partial charge < -0.3 is 19.6 Å². The molecule has 2 aliphatic heterocycles. The summed E-state index contributed by atoms with van der Waals surface area (Å²) in [5.74, 6) is 0.545. The van der Waals surface area contributed by atoms with Gasteiger partial charge in [-0.25, -0.2) is 4.39 Å². The highest BCUT2D eigenvalue weighted by molar-refractivity contribution is 6.07. The Morgan fingerprint density at radius 3 is 2.09 bits per heavy atom. The van der Waals surface area contributed by atoms with Crippen LogP contribution in [0.2, 0.25) is 0 Å². The molecule has 0 spiro atoms. The Labute approximate surface area is 187 Å². The van der Waals surface area contributed by atoms with Crippen LogP contribution in [0.25, 0.3) is 10.8 Å². The molecule has 2 aromatic carbocycles. The normalized spacial score (nSPS) is 17.8. The van der Waals surface area contributed by atoms with E-state index in [-0.39, 0.29) is 11.7 Å². The third kappa shape index (κ3) is 3.98. The molecule has 166 valence electrons. The number of hydrogen-bond donors (Lipinski definition) is 0. The lowest BCUT2D eigenvalue weighted by Crippen LogP contribution is -2.48. The second-order valence-electron chi connectivity index (χ2n) is 8.46. The van der Waals surface area contributed by atoms with Gasteiger partial charge in [-0.1, -0.05) is 24.3 Å². The zero-order valence-electron chi connectivity index (χ0n) is 18.2. The van der Waals surface area contributed by atoms with Crippen LogP contribution in [-0.4, -0.2) is 85.3 Å². The molecule has 0 atom stereocenters. The number of fused-ring (bicyclic) bond motifs is 1. The molecular formula is C24H27FN6O. The minimum atomic E-state index is -0.222. The van der Waals surface area contributed by atoms with Gasteiger partial charge in [0, 0.05) is 68.8 Å². The van der Waals surface area contributed by atoms with Gasteiger partial charge in [-0.2, -0.15) is 0 Å². The summed E-state index contributed by atoms with van der Waals surface area (Å²) in [5.41, 5.74) is 1.45. The molecule has 0 unspecified atom stereocenters. The first-order valence-electron chi connectivity index (χ1n) is 11.1. The number of carbonyl (C=O) groups is 1. The summed E-state index contributed by atoms with van der Waals surface area (Å²) in [6.07, 6.45) is 0. The topological polar surface area (TPSA) is 55.8 Å². The lowest BCUT2D eigenvalue weighted by atomic mass is 10.1. The Balaban J connectivity index is 1.37. The van der Waals surface area contributed by atoms with Gasteiger partial charge in [0.25, 0.3) is 5.91 Å².